The molecule has 0 unspecified atom stereocenters. The third-order valence-corrected chi connectivity index (χ3v) is 7.93. The van der Waals surface area contributed by atoms with Gasteiger partial charge in [-0.1, -0.05) is 63.2 Å². The molecule has 0 spiro atoms. The maximum Gasteiger partial charge on any atom is 0.272 e. The summed E-state index contributed by atoms with van der Waals surface area (Å²) in [6.07, 6.45) is 3.40. The summed E-state index contributed by atoms with van der Waals surface area (Å²) in [4.78, 5) is 21.5. The SMILES string of the molecule is CC1(C)C[C@@H]2C[C@@](C)(CN2C(=O)c2cccc(CSc3cccc4ccccc34)n2)C1. The molecule has 3 nitrogen and oxygen atoms in total. The number of carbonyl (C=O) groups is 1. The Labute approximate surface area is 189 Å². The summed E-state index contributed by atoms with van der Waals surface area (Å²) in [7, 11) is 0. The minimum atomic E-state index is 0.100. The Hall–Kier alpha value is -2.33. The van der Waals surface area contributed by atoms with E-state index in [4.69, 9.17) is 4.98 Å². The zero-order chi connectivity index (χ0) is 21.6. The summed E-state index contributed by atoms with van der Waals surface area (Å²) >= 11 is 1.78. The number of nitrogens with zero attached hydrogens (tertiary/aromatic N) is 2. The van der Waals surface area contributed by atoms with Crippen LogP contribution in [-0.2, 0) is 5.75 Å². The summed E-state index contributed by atoms with van der Waals surface area (Å²) in [6.45, 7) is 7.89. The molecule has 2 fully saturated rings. The predicted molar refractivity (Wildman–Crippen MR) is 128 cm³/mol. The smallest absolute Gasteiger partial charge is 0.272 e. The van der Waals surface area contributed by atoms with E-state index >= 15 is 0 Å². The highest BCUT2D eigenvalue weighted by Gasteiger charge is 2.51. The number of amides is 1. The number of rotatable bonds is 4. The van der Waals surface area contributed by atoms with Crippen LogP contribution in [0.25, 0.3) is 10.8 Å². The van der Waals surface area contributed by atoms with Gasteiger partial charge >= 0.3 is 0 Å². The van der Waals surface area contributed by atoms with Gasteiger partial charge in [0.2, 0.25) is 0 Å². The Balaban J connectivity index is 1.33. The fourth-order valence-electron chi connectivity index (χ4n) is 6.00. The molecule has 5 rings (SSSR count). The lowest BCUT2D eigenvalue weighted by Crippen LogP contribution is -2.38. The zero-order valence-electron chi connectivity index (χ0n) is 18.6. The van der Waals surface area contributed by atoms with Crippen molar-refractivity contribution in [3.63, 3.8) is 0 Å². The molecule has 1 saturated carbocycles. The molecule has 160 valence electrons. The predicted octanol–water partition coefficient (Wildman–Crippen LogP) is 6.57. The lowest BCUT2D eigenvalue weighted by molar-refractivity contribution is 0.0702. The molecule has 1 aromatic heterocycles. The van der Waals surface area contributed by atoms with Crippen molar-refractivity contribution in [1.29, 1.82) is 0 Å². The summed E-state index contributed by atoms with van der Waals surface area (Å²) in [5.41, 5.74) is 2.09. The van der Waals surface area contributed by atoms with E-state index in [1.165, 1.54) is 22.1 Å². The number of hydrogen-bond acceptors (Lipinski definition) is 3. The maximum atomic E-state index is 13.4. The van der Waals surface area contributed by atoms with Crippen LogP contribution in [0.4, 0.5) is 0 Å². The van der Waals surface area contributed by atoms with Crippen LogP contribution in [0.15, 0.2) is 65.6 Å². The molecule has 2 aliphatic rings. The van der Waals surface area contributed by atoms with Crippen molar-refractivity contribution in [2.45, 2.75) is 56.7 Å². The van der Waals surface area contributed by atoms with E-state index in [0.29, 0.717) is 17.2 Å². The summed E-state index contributed by atoms with van der Waals surface area (Å²) in [6, 6.07) is 21.1. The second kappa shape index (κ2) is 7.67. The Morgan fingerprint density at radius 3 is 2.68 bits per heavy atom. The van der Waals surface area contributed by atoms with E-state index in [1.54, 1.807) is 11.8 Å². The van der Waals surface area contributed by atoms with Crippen LogP contribution in [-0.4, -0.2) is 28.4 Å². The standard InChI is InChI=1S/C27H30N2OS/c1-26(2)14-21-15-27(3,17-26)18-29(21)25(30)23-12-7-10-20(28-23)16-31-24-13-6-9-19-8-4-5-11-22(19)24/h4-13,21H,14-18H2,1-3H3/t21-,27-/m1/s1. The van der Waals surface area contributed by atoms with E-state index in [0.717, 1.165) is 30.8 Å². The van der Waals surface area contributed by atoms with Crippen molar-refractivity contribution < 1.29 is 4.79 Å². The lowest BCUT2D eigenvalue weighted by atomic mass is 9.65. The van der Waals surface area contributed by atoms with E-state index in [1.807, 2.05) is 18.2 Å². The van der Waals surface area contributed by atoms with Gasteiger partial charge in [0, 0.05) is 23.2 Å². The van der Waals surface area contributed by atoms with E-state index in [-0.39, 0.29) is 11.3 Å². The Bertz CT molecular complexity index is 1140. The quantitative estimate of drug-likeness (QED) is 0.439. The van der Waals surface area contributed by atoms with Crippen LogP contribution in [0.1, 0.15) is 56.2 Å². The lowest BCUT2D eigenvalue weighted by Gasteiger charge is -2.39. The average molecular weight is 431 g/mol. The average Bonchev–Trinajstić information content (AvgIpc) is 3.00. The number of aromatic nitrogens is 1. The highest BCUT2D eigenvalue weighted by Crippen LogP contribution is 2.52. The number of likely N-dealkylation sites (tertiary alicyclic amines) is 1. The van der Waals surface area contributed by atoms with Gasteiger partial charge in [-0.3, -0.25) is 4.79 Å². The second-order valence-electron chi connectivity index (χ2n) is 10.4. The normalized spacial score (nSPS) is 24.5. The van der Waals surface area contributed by atoms with Gasteiger partial charge in [-0.15, -0.1) is 11.8 Å². The molecular formula is C27H30N2OS. The van der Waals surface area contributed by atoms with Crippen LogP contribution in [0, 0.1) is 10.8 Å². The van der Waals surface area contributed by atoms with Crippen LogP contribution in [0.5, 0.6) is 0 Å². The molecule has 0 radical (unpaired) electrons. The second-order valence-corrected chi connectivity index (χ2v) is 11.4. The molecular weight excluding hydrogens is 400 g/mol. The largest absolute Gasteiger partial charge is 0.334 e. The third kappa shape index (κ3) is 4.10. The zero-order valence-corrected chi connectivity index (χ0v) is 19.4. The molecule has 1 aliphatic heterocycles. The molecule has 2 aromatic carbocycles. The van der Waals surface area contributed by atoms with Gasteiger partial charge in [-0.05, 0) is 59.1 Å². The minimum Gasteiger partial charge on any atom is -0.334 e. The van der Waals surface area contributed by atoms with E-state index in [9.17, 15) is 4.79 Å². The third-order valence-electron chi connectivity index (χ3n) is 6.83. The molecule has 1 amide bonds. The van der Waals surface area contributed by atoms with Gasteiger partial charge in [0.25, 0.3) is 5.91 Å². The van der Waals surface area contributed by atoms with E-state index in [2.05, 4.69) is 68.1 Å². The topological polar surface area (TPSA) is 33.2 Å². The fourth-order valence-corrected chi connectivity index (χ4v) is 6.98. The fraction of sp³-hybridized carbons (Fsp3) is 0.407. The number of carbonyl (C=O) groups excluding carboxylic acids is 1. The van der Waals surface area contributed by atoms with Gasteiger partial charge in [-0.2, -0.15) is 0 Å². The molecule has 4 heteroatoms. The number of benzene rings is 2. The van der Waals surface area contributed by atoms with Crippen LogP contribution in [0.2, 0.25) is 0 Å². The molecule has 2 bridgehead atoms. The van der Waals surface area contributed by atoms with Crippen molar-refractivity contribution in [1.82, 2.24) is 9.88 Å². The first-order valence-electron chi connectivity index (χ1n) is 11.2. The highest BCUT2D eigenvalue weighted by atomic mass is 32.2. The van der Waals surface area contributed by atoms with Crippen LogP contribution >= 0.6 is 11.8 Å². The van der Waals surface area contributed by atoms with Crippen LogP contribution < -0.4 is 0 Å². The monoisotopic (exact) mass is 430 g/mol. The molecule has 2 atom stereocenters. The molecule has 0 N–H and O–H groups in total. The Morgan fingerprint density at radius 2 is 1.81 bits per heavy atom. The first-order chi connectivity index (χ1) is 14.8. The number of pyridine rings is 1. The number of thioether (sulfide) groups is 1. The van der Waals surface area contributed by atoms with Crippen molar-refractivity contribution in [3.8, 4) is 0 Å². The van der Waals surface area contributed by atoms with E-state index < -0.39 is 0 Å². The maximum absolute atomic E-state index is 13.4. The van der Waals surface area contributed by atoms with Crippen LogP contribution in [0.3, 0.4) is 0 Å². The van der Waals surface area contributed by atoms with Gasteiger partial charge in [0.15, 0.2) is 0 Å². The van der Waals surface area contributed by atoms with Gasteiger partial charge < -0.3 is 4.90 Å². The van der Waals surface area contributed by atoms with Crippen molar-refractivity contribution in [3.05, 3.63) is 72.1 Å². The molecule has 3 aromatic rings. The minimum absolute atomic E-state index is 0.100. The first-order valence-corrected chi connectivity index (χ1v) is 12.2. The summed E-state index contributed by atoms with van der Waals surface area (Å²) in [5.74, 6) is 0.854. The summed E-state index contributed by atoms with van der Waals surface area (Å²) < 4.78 is 0. The first kappa shape index (κ1) is 20.6. The van der Waals surface area contributed by atoms with Crippen molar-refractivity contribution >= 4 is 28.4 Å². The highest BCUT2D eigenvalue weighted by molar-refractivity contribution is 7.98. The van der Waals surface area contributed by atoms with Crippen molar-refractivity contribution in [2.24, 2.45) is 10.8 Å². The number of fused-ring (bicyclic) bond motifs is 3. The Kier molecular flexibility index (Phi) is 5.09. The van der Waals surface area contributed by atoms with Gasteiger partial charge in [-0.25, -0.2) is 4.98 Å². The molecule has 1 saturated heterocycles. The Morgan fingerprint density at radius 1 is 1.03 bits per heavy atom. The molecule has 1 aliphatic carbocycles. The molecule has 31 heavy (non-hydrogen) atoms. The van der Waals surface area contributed by atoms with Crippen molar-refractivity contribution in [2.75, 3.05) is 6.54 Å². The van der Waals surface area contributed by atoms with Gasteiger partial charge in [0.1, 0.15) is 5.69 Å². The number of hydrogen-bond donors (Lipinski definition) is 0. The van der Waals surface area contributed by atoms with Gasteiger partial charge in [0.05, 0.1) is 5.69 Å². The summed E-state index contributed by atoms with van der Waals surface area (Å²) in [5, 5.41) is 2.52. The molecule has 2 heterocycles.